The van der Waals surface area contributed by atoms with E-state index in [1.54, 1.807) is 49.6 Å². The number of benzene rings is 3. The SMILES string of the molecule is COc1ccc(C(=O)Nc2cc(Cl)ccc2C)cc1COc1ccccc1Cl. The highest BCUT2D eigenvalue weighted by molar-refractivity contribution is 6.32. The highest BCUT2D eigenvalue weighted by atomic mass is 35.5. The topological polar surface area (TPSA) is 47.6 Å². The van der Waals surface area contributed by atoms with Crippen molar-refractivity contribution < 1.29 is 14.3 Å². The van der Waals surface area contributed by atoms with E-state index in [0.29, 0.717) is 32.8 Å². The summed E-state index contributed by atoms with van der Waals surface area (Å²) in [6.07, 6.45) is 0. The van der Waals surface area contributed by atoms with Crippen molar-refractivity contribution >= 4 is 34.8 Å². The molecular weight excluding hydrogens is 397 g/mol. The number of para-hydroxylation sites is 1. The number of methoxy groups -OCH3 is 1. The molecule has 28 heavy (non-hydrogen) atoms. The second-order valence-corrected chi connectivity index (χ2v) is 7.00. The summed E-state index contributed by atoms with van der Waals surface area (Å²) in [5.74, 6) is 0.949. The second kappa shape index (κ2) is 9.00. The minimum Gasteiger partial charge on any atom is -0.496 e. The number of rotatable bonds is 6. The van der Waals surface area contributed by atoms with Gasteiger partial charge in [0.05, 0.1) is 12.1 Å². The van der Waals surface area contributed by atoms with Crippen LogP contribution >= 0.6 is 23.2 Å². The molecule has 0 radical (unpaired) electrons. The van der Waals surface area contributed by atoms with Crippen LogP contribution in [0.3, 0.4) is 0 Å². The average Bonchev–Trinajstić information content (AvgIpc) is 2.70. The number of nitrogens with one attached hydrogen (secondary N) is 1. The Labute approximate surface area is 174 Å². The van der Waals surface area contributed by atoms with Crippen molar-refractivity contribution in [3.05, 3.63) is 87.4 Å². The molecule has 6 heteroatoms. The maximum atomic E-state index is 12.7. The van der Waals surface area contributed by atoms with Gasteiger partial charge in [-0.3, -0.25) is 4.79 Å². The molecule has 0 aromatic heterocycles. The van der Waals surface area contributed by atoms with E-state index in [1.165, 1.54) is 0 Å². The fraction of sp³-hybridized carbons (Fsp3) is 0.136. The second-order valence-electron chi connectivity index (χ2n) is 6.16. The van der Waals surface area contributed by atoms with Gasteiger partial charge in [0.25, 0.3) is 5.91 Å². The molecule has 0 unspecified atom stereocenters. The zero-order valence-electron chi connectivity index (χ0n) is 15.5. The van der Waals surface area contributed by atoms with Gasteiger partial charge in [-0.1, -0.05) is 41.4 Å². The van der Waals surface area contributed by atoms with Gasteiger partial charge in [0, 0.05) is 21.8 Å². The van der Waals surface area contributed by atoms with Crippen LogP contribution in [0.2, 0.25) is 10.0 Å². The first-order chi connectivity index (χ1) is 13.5. The minimum absolute atomic E-state index is 0.213. The minimum atomic E-state index is -0.244. The van der Waals surface area contributed by atoms with E-state index in [9.17, 15) is 4.79 Å². The summed E-state index contributed by atoms with van der Waals surface area (Å²) >= 11 is 12.2. The molecule has 0 fully saturated rings. The van der Waals surface area contributed by atoms with Crippen LogP contribution in [0.25, 0.3) is 0 Å². The lowest BCUT2D eigenvalue weighted by atomic mass is 10.1. The van der Waals surface area contributed by atoms with Gasteiger partial charge < -0.3 is 14.8 Å². The van der Waals surface area contributed by atoms with Crippen LogP contribution in [0.15, 0.2) is 60.7 Å². The van der Waals surface area contributed by atoms with Crippen LogP contribution in [0.1, 0.15) is 21.5 Å². The van der Waals surface area contributed by atoms with E-state index in [0.717, 1.165) is 11.1 Å². The highest BCUT2D eigenvalue weighted by Crippen LogP contribution is 2.27. The number of amides is 1. The molecule has 0 saturated carbocycles. The smallest absolute Gasteiger partial charge is 0.255 e. The fourth-order valence-corrected chi connectivity index (χ4v) is 3.04. The molecule has 0 spiro atoms. The molecule has 3 aromatic rings. The van der Waals surface area contributed by atoms with Crippen LogP contribution in [0.5, 0.6) is 11.5 Å². The monoisotopic (exact) mass is 415 g/mol. The largest absolute Gasteiger partial charge is 0.496 e. The van der Waals surface area contributed by atoms with Crippen molar-refractivity contribution in [2.45, 2.75) is 13.5 Å². The van der Waals surface area contributed by atoms with Gasteiger partial charge in [0.15, 0.2) is 0 Å². The number of anilines is 1. The van der Waals surface area contributed by atoms with Crippen molar-refractivity contribution in [1.82, 2.24) is 0 Å². The van der Waals surface area contributed by atoms with Crippen molar-refractivity contribution in [3.8, 4) is 11.5 Å². The number of hydrogen-bond donors (Lipinski definition) is 1. The summed E-state index contributed by atoms with van der Waals surface area (Å²) in [5.41, 5.74) is 2.81. The summed E-state index contributed by atoms with van der Waals surface area (Å²) in [5, 5.41) is 3.97. The van der Waals surface area contributed by atoms with E-state index < -0.39 is 0 Å². The lowest BCUT2D eigenvalue weighted by Gasteiger charge is -2.13. The number of carbonyl (C=O) groups is 1. The van der Waals surface area contributed by atoms with Crippen molar-refractivity contribution in [3.63, 3.8) is 0 Å². The van der Waals surface area contributed by atoms with Crippen LogP contribution in [-0.2, 0) is 6.61 Å². The predicted octanol–water partition coefficient (Wildman–Crippen LogP) is 6.14. The van der Waals surface area contributed by atoms with E-state index >= 15 is 0 Å². The molecule has 0 aliphatic carbocycles. The number of halogens is 2. The number of aryl methyl sites for hydroxylation is 1. The molecule has 1 N–H and O–H groups in total. The van der Waals surface area contributed by atoms with E-state index in [2.05, 4.69) is 5.32 Å². The Balaban J connectivity index is 1.80. The van der Waals surface area contributed by atoms with Gasteiger partial charge in [0.2, 0.25) is 0 Å². The van der Waals surface area contributed by atoms with Crippen molar-refractivity contribution in [2.24, 2.45) is 0 Å². The zero-order valence-corrected chi connectivity index (χ0v) is 17.0. The quantitative estimate of drug-likeness (QED) is 0.525. The number of ether oxygens (including phenoxy) is 2. The third-order valence-electron chi connectivity index (χ3n) is 4.21. The van der Waals surface area contributed by atoms with Gasteiger partial charge in [-0.25, -0.2) is 0 Å². The normalized spacial score (nSPS) is 10.4. The lowest BCUT2D eigenvalue weighted by Crippen LogP contribution is -2.13. The van der Waals surface area contributed by atoms with E-state index in [1.807, 2.05) is 25.1 Å². The Hall–Kier alpha value is -2.69. The molecule has 4 nitrogen and oxygen atoms in total. The molecule has 0 bridgehead atoms. The number of hydrogen-bond acceptors (Lipinski definition) is 3. The fourth-order valence-electron chi connectivity index (χ4n) is 2.67. The van der Waals surface area contributed by atoms with Crippen LogP contribution in [-0.4, -0.2) is 13.0 Å². The maximum absolute atomic E-state index is 12.7. The van der Waals surface area contributed by atoms with Gasteiger partial charge in [0.1, 0.15) is 18.1 Å². The molecule has 0 aliphatic rings. The van der Waals surface area contributed by atoms with Crippen LogP contribution in [0, 0.1) is 6.92 Å². The first-order valence-corrected chi connectivity index (χ1v) is 9.35. The molecule has 1 amide bonds. The molecule has 0 saturated heterocycles. The first kappa shape index (κ1) is 20.1. The zero-order chi connectivity index (χ0) is 20.1. The van der Waals surface area contributed by atoms with Gasteiger partial charge >= 0.3 is 0 Å². The molecule has 0 heterocycles. The Morgan fingerprint density at radius 2 is 1.79 bits per heavy atom. The first-order valence-electron chi connectivity index (χ1n) is 8.59. The van der Waals surface area contributed by atoms with Crippen molar-refractivity contribution in [1.29, 1.82) is 0 Å². The Morgan fingerprint density at radius 1 is 1.00 bits per heavy atom. The molecule has 3 aromatic carbocycles. The summed E-state index contributed by atoms with van der Waals surface area (Å²) in [7, 11) is 1.57. The molecule has 0 atom stereocenters. The summed E-state index contributed by atoms with van der Waals surface area (Å²) in [6, 6.07) is 17.8. The van der Waals surface area contributed by atoms with E-state index in [-0.39, 0.29) is 12.5 Å². The molecule has 3 rings (SSSR count). The van der Waals surface area contributed by atoms with Crippen LogP contribution < -0.4 is 14.8 Å². The third-order valence-corrected chi connectivity index (χ3v) is 4.76. The summed E-state index contributed by atoms with van der Waals surface area (Å²) in [4.78, 5) is 12.7. The maximum Gasteiger partial charge on any atom is 0.255 e. The van der Waals surface area contributed by atoms with Gasteiger partial charge in [-0.2, -0.15) is 0 Å². The summed E-state index contributed by atoms with van der Waals surface area (Å²) < 4.78 is 11.2. The Bertz CT molecular complexity index is 1000. The predicted molar refractivity (Wildman–Crippen MR) is 113 cm³/mol. The Kier molecular flexibility index (Phi) is 6.45. The van der Waals surface area contributed by atoms with Crippen LogP contribution in [0.4, 0.5) is 5.69 Å². The van der Waals surface area contributed by atoms with Gasteiger partial charge in [-0.15, -0.1) is 0 Å². The standard InChI is InChI=1S/C22H19Cl2NO3/c1-14-7-9-17(23)12-19(14)25-22(26)15-8-10-20(27-2)16(11-15)13-28-21-6-4-3-5-18(21)24/h3-12H,13H2,1-2H3,(H,25,26). The molecule has 0 aliphatic heterocycles. The molecular formula is C22H19Cl2NO3. The summed E-state index contributed by atoms with van der Waals surface area (Å²) in [6.45, 7) is 2.12. The average molecular weight is 416 g/mol. The Morgan fingerprint density at radius 3 is 2.54 bits per heavy atom. The third kappa shape index (κ3) is 4.77. The molecule has 144 valence electrons. The van der Waals surface area contributed by atoms with Crippen molar-refractivity contribution in [2.75, 3.05) is 12.4 Å². The van der Waals surface area contributed by atoms with E-state index in [4.69, 9.17) is 32.7 Å². The lowest BCUT2D eigenvalue weighted by molar-refractivity contribution is 0.102. The highest BCUT2D eigenvalue weighted by Gasteiger charge is 2.13. The van der Waals surface area contributed by atoms with Gasteiger partial charge in [-0.05, 0) is 55.0 Å². The number of carbonyl (C=O) groups excluding carboxylic acids is 1.